The van der Waals surface area contributed by atoms with Crippen molar-refractivity contribution in [3.63, 3.8) is 0 Å². The topological polar surface area (TPSA) is 21.3 Å². The molecule has 0 fully saturated rings. The Kier molecular flexibility index (Phi) is 4.45. The largest absolute Gasteiger partial charge is 0.494 e. The van der Waals surface area contributed by atoms with E-state index in [0.29, 0.717) is 11.8 Å². The zero-order valence-corrected chi connectivity index (χ0v) is 17.8. The first-order chi connectivity index (χ1) is 15.3. The molecule has 154 valence electrons. The number of benzene rings is 4. The molecule has 1 aliphatic carbocycles. The summed E-state index contributed by atoms with van der Waals surface area (Å²) >= 11 is 0. The minimum absolute atomic E-state index is 0.269. The van der Waals surface area contributed by atoms with E-state index in [1.165, 1.54) is 38.4 Å². The van der Waals surface area contributed by atoms with Crippen molar-refractivity contribution in [2.45, 2.75) is 31.7 Å². The number of hydrogen-bond donors (Lipinski definition) is 1. The maximum Gasteiger partial charge on any atom is 0.119 e. The van der Waals surface area contributed by atoms with Crippen LogP contribution in [0.25, 0.3) is 21.5 Å². The molecule has 3 unspecified atom stereocenters. The molecule has 4 aromatic rings. The fourth-order valence-corrected chi connectivity index (χ4v) is 5.55. The molecule has 3 atom stereocenters. The molecule has 2 heteroatoms. The Hall–Kier alpha value is -3.26. The predicted molar refractivity (Wildman–Crippen MR) is 130 cm³/mol. The van der Waals surface area contributed by atoms with Crippen LogP contribution in [0.5, 0.6) is 5.75 Å². The Morgan fingerprint density at radius 1 is 0.903 bits per heavy atom. The smallest absolute Gasteiger partial charge is 0.119 e. The number of anilines is 1. The van der Waals surface area contributed by atoms with Gasteiger partial charge in [-0.2, -0.15) is 0 Å². The maximum absolute atomic E-state index is 5.94. The number of rotatable bonds is 4. The van der Waals surface area contributed by atoms with Crippen molar-refractivity contribution in [3.05, 3.63) is 96.1 Å². The molecule has 1 N–H and O–H groups in total. The summed E-state index contributed by atoms with van der Waals surface area (Å²) in [6, 6.07) is 26.8. The molecule has 1 aliphatic heterocycles. The van der Waals surface area contributed by atoms with E-state index < -0.39 is 0 Å². The van der Waals surface area contributed by atoms with Gasteiger partial charge in [0.05, 0.1) is 12.6 Å². The summed E-state index contributed by atoms with van der Waals surface area (Å²) in [6.07, 6.45) is 6.90. The molecule has 0 saturated carbocycles. The van der Waals surface area contributed by atoms with E-state index in [1.54, 1.807) is 0 Å². The lowest BCUT2D eigenvalue weighted by atomic mass is 9.75. The van der Waals surface area contributed by atoms with Gasteiger partial charge >= 0.3 is 0 Å². The summed E-state index contributed by atoms with van der Waals surface area (Å²) in [6.45, 7) is 2.91. The van der Waals surface area contributed by atoms with Crippen LogP contribution in [0.3, 0.4) is 0 Å². The van der Waals surface area contributed by atoms with Gasteiger partial charge in [0, 0.05) is 11.6 Å². The van der Waals surface area contributed by atoms with Crippen molar-refractivity contribution in [2.75, 3.05) is 11.9 Å². The molecule has 0 aromatic heterocycles. The van der Waals surface area contributed by atoms with Crippen LogP contribution in [0.1, 0.15) is 42.9 Å². The molecule has 0 amide bonds. The SMILES string of the molecule is CCCOc1ccc2c(c1)C1C=CCC1C(c1c3ccccc3cc3ccccc13)N2. The molecule has 31 heavy (non-hydrogen) atoms. The summed E-state index contributed by atoms with van der Waals surface area (Å²) in [5.41, 5.74) is 4.04. The second-order valence-electron chi connectivity index (χ2n) is 8.81. The van der Waals surface area contributed by atoms with E-state index in [-0.39, 0.29) is 6.04 Å². The first-order valence-electron chi connectivity index (χ1n) is 11.4. The molecule has 2 nitrogen and oxygen atoms in total. The van der Waals surface area contributed by atoms with E-state index in [2.05, 4.69) is 97.2 Å². The molecule has 0 bridgehead atoms. The van der Waals surface area contributed by atoms with Crippen molar-refractivity contribution < 1.29 is 4.74 Å². The van der Waals surface area contributed by atoms with Gasteiger partial charge in [-0.3, -0.25) is 0 Å². The summed E-state index contributed by atoms with van der Waals surface area (Å²) in [7, 11) is 0. The van der Waals surface area contributed by atoms with Gasteiger partial charge in [0.15, 0.2) is 0 Å². The zero-order valence-electron chi connectivity index (χ0n) is 17.8. The third kappa shape index (κ3) is 3.01. The molecule has 1 heterocycles. The molecular weight excluding hydrogens is 378 g/mol. The van der Waals surface area contributed by atoms with Crippen LogP contribution in [0, 0.1) is 5.92 Å². The number of hydrogen-bond acceptors (Lipinski definition) is 2. The third-order valence-electron chi connectivity index (χ3n) is 6.93. The quantitative estimate of drug-likeness (QED) is 0.279. The molecule has 2 aliphatic rings. The van der Waals surface area contributed by atoms with Crippen molar-refractivity contribution >= 4 is 27.2 Å². The number of nitrogens with one attached hydrogen (secondary N) is 1. The van der Waals surface area contributed by atoms with E-state index in [0.717, 1.165) is 25.2 Å². The van der Waals surface area contributed by atoms with Crippen LogP contribution in [0.15, 0.2) is 84.9 Å². The third-order valence-corrected chi connectivity index (χ3v) is 6.93. The first-order valence-corrected chi connectivity index (χ1v) is 11.4. The van der Waals surface area contributed by atoms with Crippen molar-refractivity contribution in [1.29, 1.82) is 0 Å². The van der Waals surface area contributed by atoms with Gasteiger partial charge < -0.3 is 10.1 Å². The van der Waals surface area contributed by atoms with Gasteiger partial charge in [-0.15, -0.1) is 0 Å². The number of allylic oxidation sites excluding steroid dienone is 2. The van der Waals surface area contributed by atoms with Crippen LogP contribution in [-0.2, 0) is 0 Å². The lowest BCUT2D eigenvalue weighted by Crippen LogP contribution is -2.29. The highest BCUT2D eigenvalue weighted by Gasteiger charge is 2.39. The number of fused-ring (bicyclic) bond motifs is 5. The monoisotopic (exact) mass is 405 g/mol. The van der Waals surface area contributed by atoms with Crippen LogP contribution in [-0.4, -0.2) is 6.61 Å². The van der Waals surface area contributed by atoms with E-state index in [1.807, 2.05) is 0 Å². The van der Waals surface area contributed by atoms with Crippen LogP contribution in [0.4, 0.5) is 5.69 Å². The highest BCUT2D eigenvalue weighted by atomic mass is 16.5. The summed E-state index contributed by atoms with van der Waals surface area (Å²) in [5, 5.41) is 9.30. The molecule has 0 radical (unpaired) electrons. The highest BCUT2D eigenvalue weighted by Crippen LogP contribution is 2.52. The fraction of sp³-hybridized carbons (Fsp3) is 0.241. The van der Waals surface area contributed by atoms with Crippen molar-refractivity contribution in [1.82, 2.24) is 0 Å². The van der Waals surface area contributed by atoms with Crippen molar-refractivity contribution in [3.8, 4) is 5.75 Å². The molecule has 6 rings (SSSR count). The average molecular weight is 406 g/mol. The molecule has 0 saturated heterocycles. The minimum atomic E-state index is 0.269. The van der Waals surface area contributed by atoms with Gasteiger partial charge in [0.1, 0.15) is 5.75 Å². The Balaban J connectivity index is 1.53. The standard InChI is InChI=1S/C29H27NO/c1-2-16-31-21-14-15-27-26(18-21)24-12-7-13-25(24)29(30-27)28-22-10-5-3-8-19(22)17-20-9-4-6-11-23(20)28/h3-12,14-15,17-18,24-25,29-30H,2,13,16H2,1H3. The summed E-state index contributed by atoms with van der Waals surface area (Å²) < 4.78 is 5.94. The summed E-state index contributed by atoms with van der Waals surface area (Å²) in [4.78, 5) is 0. The second kappa shape index (κ2) is 7.46. The Morgan fingerprint density at radius 3 is 2.39 bits per heavy atom. The maximum atomic E-state index is 5.94. The van der Waals surface area contributed by atoms with Crippen LogP contribution in [0.2, 0.25) is 0 Å². The lowest BCUT2D eigenvalue weighted by molar-refractivity contribution is 0.316. The van der Waals surface area contributed by atoms with Gasteiger partial charge in [-0.05, 0) is 75.7 Å². The van der Waals surface area contributed by atoms with Gasteiger partial charge in [0.25, 0.3) is 0 Å². The van der Waals surface area contributed by atoms with E-state index >= 15 is 0 Å². The molecule has 4 aromatic carbocycles. The lowest BCUT2D eigenvalue weighted by Gasteiger charge is -2.38. The second-order valence-corrected chi connectivity index (χ2v) is 8.81. The minimum Gasteiger partial charge on any atom is -0.494 e. The predicted octanol–water partition coefficient (Wildman–Crippen LogP) is 7.61. The highest BCUT2D eigenvalue weighted by molar-refractivity contribution is 6.03. The Labute approximate surface area is 183 Å². The zero-order chi connectivity index (χ0) is 20.8. The molecule has 0 spiro atoms. The number of ether oxygens (including phenoxy) is 1. The Morgan fingerprint density at radius 2 is 1.65 bits per heavy atom. The van der Waals surface area contributed by atoms with Crippen LogP contribution >= 0.6 is 0 Å². The Bertz CT molecular complexity index is 1250. The average Bonchev–Trinajstić information content (AvgIpc) is 3.31. The normalized spacial score (nSPS) is 21.6. The van der Waals surface area contributed by atoms with Crippen molar-refractivity contribution in [2.24, 2.45) is 5.92 Å². The van der Waals surface area contributed by atoms with Gasteiger partial charge in [-0.1, -0.05) is 67.6 Å². The van der Waals surface area contributed by atoms with E-state index in [4.69, 9.17) is 4.74 Å². The fourth-order valence-electron chi connectivity index (χ4n) is 5.55. The van der Waals surface area contributed by atoms with E-state index in [9.17, 15) is 0 Å². The summed E-state index contributed by atoms with van der Waals surface area (Å²) in [5.74, 6) is 1.91. The van der Waals surface area contributed by atoms with Crippen LogP contribution < -0.4 is 10.1 Å². The molecular formula is C29H27NO. The van der Waals surface area contributed by atoms with Gasteiger partial charge in [0.2, 0.25) is 0 Å². The van der Waals surface area contributed by atoms with Gasteiger partial charge in [-0.25, -0.2) is 0 Å². The first kappa shape index (κ1) is 18.5.